The minimum absolute atomic E-state index is 0.0338. The number of nitrogens with zero attached hydrogens (tertiary/aromatic N) is 4. The van der Waals surface area contributed by atoms with E-state index < -0.39 is 4.92 Å². The van der Waals surface area contributed by atoms with Crippen LogP contribution in [-0.4, -0.2) is 31.6 Å². The summed E-state index contributed by atoms with van der Waals surface area (Å²) in [7, 11) is 0. The van der Waals surface area contributed by atoms with Crippen LogP contribution in [0.4, 0.5) is 11.5 Å². The van der Waals surface area contributed by atoms with E-state index in [4.69, 9.17) is 0 Å². The second-order valence-electron chi connectivity index (χ2n) is 5.40. The largest absolute Gasteiger partial charge is 0.506 e. The second-order valence-corrected chi connectivity index (χ2v) is 5.40. The van der Waals surface area contributed by atoms with Gasteiger partial charge in [0.1, 0.15) is 17.3 Å². The first-order valence-electron chi connectivity index (χ1n) is 7.53. The molecule has 2 N–H and O–H groups in total. The van der Waals surface area contributed by atoms with E-state index in [0.29, 0.717) is 41.4 Å². The van der Waals surface area contributed by atoms with Crippen molar-refractivity contribution in [2.24, 2.45) is 0 Å². The zero-order valence-corrected chi connectivity index (χ0v) is 13.9. The van der Waals surface area contributed by atoms with E-state index in [-0.39, 0.29) is 18.0 Å². The minimum atomic E-state index is -0.468. The van der Waals surface area contributed by atoms with Crippen molar-refractivity contribution in [3.63, 3.8) is 0 Å². The van der Waals surface area contributed by atoms with Crippen LogP contribution in [0.25, 0.3) is 0 Å². The molecule has 0 unspecified atom stereocenters. The highest BCUT2D eigenvalue weighted by Crippen LogP contribution is 2.28. The lowest BCUT2D eigenvalue weighted by Crippen LogP contribution is -2.24. The van der Waals surface area contributed by atoms with Crippen LogP contribution >= 0.6 is 0 Å². The molecule has 0 spiro atoms. The third-order valence-electron chi connectivity index (χ3n) is 3.90. The maximum Gasteiger partial charge on any atom is 0.290 e. The zero-order valence-electron chi connectivity index (χ0n) is 13.9. The first-order valence-corrected chi connectivity index (χ1v) is 7.53. The lowest BCUT2D eigenvalue weighted by atomic mass is 10.1. The van der Waals surface area contributed by atoms with Gasteiger partial charge in [0.25, 0.3) is 5.69 Å². The first kappa shape index (κ1) is 17.6. The van der Waals surface area contributed by atoms with Gasteiger partial charge in [0.15, 0.2) is 0 Å². The lowest BCUT2D eigenvalue weighted by molar-refractivity contribution is -0.385. The fourth-order valence-electron chi connectivity index (χ4n) is 2.45. The number of aliphatic hydroxyl groups excluding tert-OH is 1. The Labute approximate surface area is 139 Å². The Hall–Kier alpha value is -2.74. The van der Waals surface area contributed by atoms with Gasteiger partial charge in [-0.1, -0.05) is 0 Å². The van der Waals surface area contributed by atoms with Gasteiger partial charge in [-0.2, -0.15) is 0 Å². The number of aromatic nitrogens is 2. The molecule has 0 aromatic carbocycles. The summed E-state index contributed by atoms with van der Waals surface area (Å²) in [6.07, 6.45) is 1.53. The predicted octanol–water partition coefficient (Wildman–Crippen LogP) is 2.23. The highest BCUT2D eigenvalue weighted by molar-refractivity contribution is 5.49. The van der Waals surface area contributed by atoms with Crippen LogP contribution in [0, 0.1) is 24.0 Å². The Kier molecular flexibility index (Phi) is 5.30. The molecule has 2 aromatic heterocycles. The molecule has 0 aliphatic carbocycles. The summed E-state index contributed by atoms with van der Waals surface area (Å²) >= 11 is 0. The summed E-state index contributed by atoms with van der Waals surface area (Å²) in [5.41, 5.74) is 1.88. The maximum atomic E-state index is 10.9. The van der Waals surface area contributed by atoms with Gasteiger partial charge >= 0.3 is 0 Å². The normalized spacial score (nSPS) is 10.7. The monoisotopic (exact) mass is 332 g/mol. The molecule has 2 aromatic rings. The molecule has 0 bridgehead atoms. The Morgan fingerprint density at radius 2 is 2.00 bits per heavy atom. The van der Waals surface area contributed by atoms with E-state index in [9.17, 15) is 20.3 Å². The Morgan fingerprint density at radius 1 is 1.29 bits per heavy atom. The third kappa shape index (κ3) is 3.43. The molecule has 0 fully saturated rings. The number of aromatic hydroxyl groups is 1. The van der Waals surface area contributed by atoms with Gasteiger partial charge in [-0.3, -0.25) is 15.1 Å². The summed E-state index contributed by atoms with van der Waals surface area (Å²) in [5.74, 6) is 0.608. The number of pyridine rings is 2. The van der Waals surface area contributed by atoms with Crippen molar-refractivity contribution >= 4 is 11.5 Å². The smallest absolute Gasteiger partial charge is 0.290 e. The maximum absolute atomic E-state index is 10.9. The fourth-order valence-corrected chi connectivity index (χ4v) is 2.45. The van der Waals surface area contributed by atoms with E-state index >= 15 is 0 Å². The molecule has 2 heterocycles. The molecular weight excluding hydrogens is 312 g/mol. The SMILES string of the molecule is CCN(Cc1c(CO)cnc(C)c1O)c1ccc([N+](=O)[O-])c(C)n1. The molecule has 8 heteroatoms. The quantitative estimate of drug-likeness (QED) is 0.616. The average molecular weight is 332 g/mol. The fraction of sp³-hybridized carbons (Fsp3) is 0.375. The van der Waals surface area contributed by atoms with Crippen LogP contribution in [0.15, 0.2) is 18.3 Å². The van der Waals surface area contributed by atoms with Crippen molar-refractivity contribution in [2.75, 3.05) is 11.4 Å². The molecule has 0 amide bonds. The topological polar surface area (TPSA) is 113 Å². The van der Waals surface area contributed by atoms with Gasteiger partial charge in [0.05, 0.1) is 17.2 Å². The number of nitro groups is 1. The summed E-state index contributed by atoms with van der Waals surface area (Å²) in [6.45, 7) is 5.84. The Morgan fingerprint density at radius 3 is 2.54 bits per heavy atom. The van der Waals surface area contributed by atoms with Crippen molar-refractivity contribution in [3.8, 4) is 5.75 Å². The molecule has 0 atom stereocenters. The minimum Gasteiger partial charge on any atom is -0.506 e. The van der Waals surface area contributed by atoms with E-state index in [2.05, 4.69) is 9.97 Å². The molecular formula is C16H20N4O4. The van der Waals surface area contributed by atoms with Crippen LogP contribution in [0.1, 0.15) is 29.4 Å². The molecule has 128 valence electrons. The van der Waals surface area contributed by atoms with Crippen LogP contribution in [0.3, 0.4) is 0 Å². The van der Waals surface area contributed by atoms with Gasteiger partial charge in [-0.15, -0.1) is 0 Å². The number of hydrogen-bond acceptors (Lipinski definition) is 7. The van der Waals surface area contributed by atoms with Gasteiger partial charge < -0.3 is 15.1 Å². The van der Waals surface area contributed by atoms with Gasteiger partial charge in [0.2, 0.25) is 0 Å². The molecule has 0 radical (unpaired) electrons. The standard InChI is InChI=1S/C16H20N4O4/c1-4-19(15-6-5-14(20(23)24)10(2)18-15)8-13-12(9-21)7-17-11(3)16(13)22/h5-7,21-22H,4,8-9H2,1-3H3. The van der Waals surface area contributed by atoms with Crippen molar-refractivity contribution in [1.82, 2.24) is 9.97 Å². The highest BCUT2D eigenvalue weighted by atomic mass is 16.6. The van der Waals surface area contributed by atoms with E-state index in [1.165, 1.54) is 12.3 Å². The first-order chi connectivity index (χ1) is 11.4. The highest BCUT2D eigenvalue weighted by Gasteiger charge is 2.18. The molecule has 0 saturated heterocycles. The zero-order chi connectivity index (χ0) is 17.9. The average Bonchev–Trinajstić information content (AvgIpc) is 2.55. The Balaban J connectivity index is 2.39. The van der Waals surface area contributed by atoms with Crippen LogP contribution in [0.5, 0.6) is 5.75 Å². The molecule has 24 heavy (non-hydrogen) atoms. The molecule has 0 aliphatic rings. The summed E-state index contributed by atoms with van der Waals surface area (Å²) < 4.78 is 0. The van der Waals surface area contributed by atoms with Crippen LogP contribution in [0.2, 0.25) is 0 Å². The lowest BCUT2D eigenvalue weighted by Gasteiger charge is -2.24. The summed E-state index contributed by atoms with van der Waals surface area (Å²) in [4.78, 5) is 20.6. The van der Waals surface area contributed by atoms with E-state index in [1.54, 1.807) is 19.9 Å². The van der Waals surface area contributed by atoms with Crippen molar-refractivity contribution in [1.29, 1.82) is 0 Å². The molecule has 0 saturated carbocycles. The van der Waals surface area contributed by atoms with E-state index in [0.717, 1.165) is 0 Å². The van der Waals surface area contributed by atoms with Crippen molar-refractivity contribution in [2.45, 2.75) is 33.9 Å². The van der Waals surface area contributed by atoms with Gasteiger partial charge in [-0.25, -0.2) is 4.98 Å². The van der Waals surface area contributed by atoms with Crippen molar-refractivity contribution in [3.05, 3.63) is 51.0 Å². The number of rotatable bonds is 6. The predicted molar refractivity (Wildman–Crippen MR) is 88.9 cm³/mol. The Bertz CT molecular complexity index is 764. The summed E-state index contributed by atoms with van der Waals surface area (Å²) in [6, 6.07) is 3.00. The van der Waals surface area contributed by atoms with Crippen LogP contribution < -0.4 is 4.90 Å². The molecule has 2 rings (SSSR count). The van der Waals surface area contributed by atoms with Gasteiger partial charge in [-0.05, 0) is 26.8 Å². The summed E-state index contributed by atoms with van der Waals surface area (Å²) in [5, 5.41) is 30.6. The third-order valence-corrected chi connectivity index (χ3v) is 3.90. The van der Waals surface area contributed by atoms with Crippen molar-refractivity contribution < 1.29 is 15.1 Å². The molecule has 0 aliphatic heterocycles. The molecule has 8 nitrogen and oxygen atoms in total. The van der Waals surface area contributed by atoms with Crippen LogP contribution in [-0.2, 0) is 13.2 Å². The number of aliphatic hydroxyl groups is 1. The number of hydrogen-bond donors (Lipinski definition) is 2. The second kappa shape index (κ2) is 7.22. The number of aryl methyl sites for hydroxylation is 2. The van der Waals surface area contributed by atoms with E-state index in [1.807, 2.05) is 11.8 Å². The number of anilines is 1. The van der Waals surface area contributed by atoms with Gasteiger partial charge in [0, 0.05) is 36.5 Å².